The van der Waals surface area contributed by atoms with Gasteiger partial charge in [0.2, 0.25) is 0 Å². The van der Waals surface area contributed by atoms with Crippen LogP contribution in [0, 0.1) is 5.92 Å². The first-order chi connectivity index (χ1) is 12.3. The molecule has 138 valence electrons. The molecule has 26 heavy (non-hydrogen) atoms. The lowest BCUT2D eigenvalue weighted by molar-refractivity contribution is -0.139. The molecule has 0 aliphatic carbocycles. The molecule has 0 saturated carbocycles. The maximum Gasteiger partial charge on any atom is 0.328 e. The van der Waals surface area contributed by atoms with Crippen LogP contribution in [0.2, 0.25) is 0 Å². The number of amides is 1. The smallest absolute Gasteiger partial charge is 0.328 e. The average Bonchev–Trinajstić information content (AvgIpc) is 2.67. The number of nitrogens with two attached hydrogens (primary N) is 1. The van der Waals surface area contributed by atoms with Crippen molar-refractivity contribution >= 4 is 11.9 Å². The second-order valence-corrected chi connectivity index (χ2v) is 6.34. The number of carbonyl (C=O) groups is 2. The van der Waals surface area contributed by atoms with E-state index in [0.29, 0.717) is 5.56 Å². The van der Waals surface area contributed by atoms with Gasteiger partial charge in [-0.3, -0.25) is 4.79 Å². The van der Waals surface area contributed by atoms with E-state index in [0.717, 1.165) is 0 Å². The molecule has 0 heterocycles. The summed E-state index contributed by atoms with van der Waals surface area (Å²) in [5.74, 6) is -1.29. The van der Waals surface area contributed by atoms with Crippen molar-refractivity contribution in [1.82, 2.24) is 5.32 Å². The minimum Gasteiger partial charge on any atom is -0.425 e. The fraction of sp³-hybridized carbons (Fsp3) is 0.300. The summed E-state index contributed by atoms with van der Waals surface area (Å²) >= 11 is 0. The number of carbonyl (C=O) groups excluding carboxylic acids is 2. The fourth-order valence-electron chi connectivity index (χ4n) is 2.57. The number of ether oxygens (including phenoxy) is 1. The Balaban J connectivity index is 2.54. The Labute approximate surface area is 153 Å². The first-order valence-electron chi connectivity index (χ1n) is 8.39. The molecule has 0 spiro atoms. The normalized spacial score (nSPS) is 14.4. The number of nitrogens with one attached hydrogen (secondary N) is 1. The van der Waals surface area contributed by atoms with Crippen molar-refractivity contribution in [2.45, 2.75) is 25.5 Å². The molecule has 2 aromatic carbocycles. The molecule has 2 rings (SSSR count). The Morgan fingerprint density at radius 3 is 2.23 bits per heavy atom. The Kier molecular flexibility index (Phi) is 6.13. The van der Waals surface area contributed by atoms with Gasteiger partial charge in [0.05, 0.1) is 0 Å². The van der Waals surface area contributed by atoms with Gasteiger partial charge in [-0.2, -0.15) is 0 Å². The lowest BCUT2D eigenvalue weighted by Crippen LogP contribution is -2.45. The molecule has 6 nitrogen and oxygen atoms in total. The van der Waals surface area contributed by atoms with Crippen molar-refractivity contribution in [2.75, 3.05) is 7.05 Å². The minimum absolute atomic E-state index is 0.0866. The van der Waals surface area contributed by atoms with E-state index >= 15 is 0 Å². The Hall–Kier alpha value is -2.70. The second kappa shape index (κ2) is 8.12. The van der Waals surface area contributed by atoms with Crippen LogP contribution in [0.4, 0.5) is 0 Å². The van der Waals surface area contributed by atoms with Gasteiger partial charge in [0.1, 0.15) is 11.8 Å². The molecule has 0 aromatic heterocycles. The zero-order chi connectivity index (χ0) is 19.3. The zero-order valence-corrected chi connectivity index (χ0v) is 15.1. The van der Waals surface area contributed by atoms with Crippen molar-refractivity contribution in [1.29, 1.82) is 0 Å². The number of rotatable bonds is 6. The van der Waals surface area contributed by atoms with Gasteiger partial charge in [-0.15, -0.1) is 0 Å². The van der Waals surface area contributed by atoms with Crippen molar-refractivity contribution in [2.24, 2.45) is 11.7 Å². The highest BCUT2D eigenvalue weighted by Crippen LogP contribution is 2.36. The standard InChI is InChI=1S/C20H24N2O4/c1-13(2)17(21)18(23)26-16-12-8-7-11-15(16)20(25,19(24)22-3)14-9-5-4-6-10-14/h4-13,17,25H,21H2,1-3H3,(H,22,24)/t17-,20-/m0/s1. The van der Waals surface area contributed by atoms with E-state index in [-0.39, 0.29) is 17.2 Å². The fourth-order valence-corrected chi connectivity index (χ4v) is 2.57. The van der Waals surface area contributed by atoms with E-state index in [2.05, 4.69) is 5.32 Å². The Morgan fingerprint density at radius 2 is 1.65 bits per heavy atom. The first-order valence-corrected chi connectivity index (χ1v) is 8.39. The van der Waals surface area contributed by atoms with E-state index in [1.807, 2.05) is 13.8 Å². The number of hydrogen-bond acceptors (Lipinski definition) is 5. The summed E-state index contributed by atoms with van der Waals surface area (Å²) in [5, 5.41) is 13.8. The van der Waals surface area contributed by atoms with Crippen LogP contribution >= 0.6 is 0 Å². The van der Waals surface area contributed by atoms with E-state index in [1.165, 1.54) is 13.1 Å². The summed E-state index contributed by atoms with van der Waals surface area (Å²) in [4.78, 5) is 24.9. The van der Waals surface area contributed by atoms with Crippen LogP contribution in [0.25, 0.3) is 0 Å². The van der Waals surface area contributed by atoms with Crippen LogP contribution < -0.4 is 15.8 Å². The number of esters is 1. The third-order valence-corrected chi connectivity index (χ3v) is 4.23. The summed E-state index contributed by atoms with van der Waals surface area (Å²) in [6, 6.07) is 14.0. The highest BCUT2D eigenvalue weighted by atomic mass is 16.5. The summed E-state index contributed by atoms with van der Waals surface area (Å²) in [7, 11) is 1.43. The highest BCUT2D eigenvalue weighted by molar-refractivity contribution is 5.91. The quantitative estimate of drug-likeness (QED) is 0.538. The third kappa shape index (κ3) is 3.76. The highest BCUT2D eigenvalue weighted by Gasteiger charge is 2.42. The molecule has 2 aromatic rings. The summed E-state index contributed by atoms with van der Waals surface area (Å²) < 4.78 is 5.43. The predicted molar refractivity (Wildman–Crippen MR) is 98.4 cm³/mol. The van der Waals surface area contributed by atoms with Crippen molar-refractivity contribution in [3.05, 3.63) is 65.7 Å². The zero-order valence-electron chi connectivity index (χ0n) is 15.1. The molecule has 2 atom stereocenters. The van der Waals surface area contributed by atoms with Crippen molar-refractivity contribution in [3.8, 4) is 5.75 Å². The average molecular weight is 356 g/mol. The monoisotopic (exact) mass is 356 g/mol. The molecule has 0 aliphatic heterocycles. The van der Waals surface area contributed by atoms with Gasteiger partial charge in [-0.05, 0) is 17.5 Å². The molecule has 0 radical (unpaired) electrons. The third-order valence-electron chi connectivity index (χ3n) is 4.23. The molecule has 0 saturated heterocycles. The van der Waals surface area contributed by atoms with E-state index in [1.54, 1.807) is 48.5 Å². The molecule has 6 heteroatoms. The maximum absolute atomic E-state index is 12.6. The van der Waals surface area contributed by atoms with Gasteiger partial charge in [0.15, 0.2) is 5.60 Å². The molecule has 0 bridgehead atoms. The van der Waals surface area contributed by atoms with Crippen LogP contribution in [-0.2, 0) is 15.2 Å². The number of likely N-dealkylation sites (N-methyl/N-ethyl adjacent to an activating group) is 1. The number of benzene rings is 2. The number of para-hydroxylation sites is 1. The van der Waals surface area contributed by atoms with E-state index in [9.17, 15) is 14.7 Å². The number of aliphatic hydroxyl groups is 1. The van der Waals surface area contributed by atoms with Gasteiger partial charge < -0.3 is 20.9 Å². The second-order valence-electron chi connectivity index (χ2n) is 6.34. The van der Waals surface area contributed by atoms with Gasteiger partial charge >= 0.3 is 5.97 Å². The van der Waals surface area contributed by atoms with Crippen LogP contribution in [0.15, 0.2) is 54.6 Å². The van der Waals surface area contributed by atoms with E-state index in [4.69, 9.17) is 10.5 Å². The summed E-state index contributed by atoms with van der Waals surface area (Å²) in [6.07, 6.45) is 0. The Bertz CT molecular complexity index is 776. The van der Waals surface area contributed by atoms with E-state index < -0.39 is 23.5 Å². The van der Waals surface area contributed by atoms with Gasteiger partial charge in [-0.1, -0.05) is 62.4 Å². The van der Waals surface area contributed by atoms with Crippen LogP contribution in [-0.4, -0.2) is 30.1 Å². The lowest BCUT2D eigenvalue weighted by atomic mass is 9.85. The molecule has 0 fully saturated rings. The van der Waals surface area contributed by atoms with Crippen molar-refractivity contribution in [3.63, 3.8) is 0 Å². The first kappa shape index (κ1) is 19.6. The van der Waals surface area contributed by atoms with Crippen molar-refractivity contribution < 1.29 is 19.4 Å². The Morgan fingerprint density at radius 1 is 1.08 bits per heavy atom. The largest absolute Gasteiger partial charge is 0.425 e. The molecule has 0 unspecified atom stereocenters. The summed E-state index contributed by atoms with van der Waals surface area (Å²) in [5.41, 5.74) is 4.35. The van der Waals surface area contributed by atoms with Gasteiger partial charge in [-0.25, -0.2) is 4.79 Å². The summed E-state index contributed by atoms with van der Waals surface area (Å²) in [6.45, 7) is 3.62. The van der Waals surface area contributed by atoms with Crippen LogP contribution in [0.3, 0.4) is 0 Å². The van der Waals surface area contributed by atoms with Crippen LogP contribution in [0.5, 0.6) is 5.75 Å². The minimum atomic E-state index is -2.02. The molecular weight excluding hydrogens is 332 g/mol. The van der Waals surface area contributed by atoms with Crippen LogP contribution in [0.1, 0.15) is 25.0 Å². The topological polar surface area (TPSA) is 102 Å². The molecular formula is C20H24N2O4. The molecule has 0 aliphatic rings. The number of hydrogen-bond donors (Lipinski definition) is 3. The SMILES string of the molecule is CNC(=O)[C@](O)(c1ccccc1)c1ccccc1OC(=O)[C@@H](N)C(C)C. The molecule has 1 amide bonds. The molecule has 4 N–H and O–H groups in total. The predicted octanol–water partition coefficient (Wildman–Crippen LogP) is 1.56. The van der Waals surface area contributed by atoms with Gasteiger partial charge in [0.25, 0.3) is 5.91 Å². The lowest BCUT2D eigenvalue weighted by Gasteiger charge is -2.29. The maximum atomic E-state index is 12.6. The van der Waals surface area contributed by atoms with Gasteiger partial charge in [0, 0.05) is 12.6 Å².